The predicted octanol–water partition coefficient (Wildman–Crippen LogP) is 3.95. The lowest BCUT2D eigenvalue weighted by atomic mass is 10.2. The Bertz CT molecular complexity index is 511. The normalized spacial score (nSPS) is 12.1. The molecule has 0 atom stereocenters. The zero-order chi connectivity index (χ0) is 14.5. The molecule has 0 aliphatic carbocycles. The summed E-state index contributed by atoms with van der Waals surface area (Å²) < 4.78 is 26.2. The Morgan fingerprint density at radius 1 is 1.05 bits per heavy atom. The quantitative estimate of drug-likeness (QED) is 0.762. The molecule has 0 aromatic heterocycles. The molecule has 0 aliphatic rings. The molecular weight excluding hydrogens is 305 g/mol. The van der Waals surface area contributed by atoms with Crippen LogP contribution in [0, 0.1) is 0 Å². The molecule has 0 N–H and O–H groups in total. The molecule has 6 heteroatoms. The van der Waals surface area contributed by atoms with Crippen molar-refractivity contribution in [3.05, 3.63) is 33.8 Å². The highest BCUT2D eigenvalue weighted by atomic mass is 35.5. The van der Waals surface area contributed by atoms with Crippen molar-refractivity contribution in [1.82, 2.24) is 4.31 Å². The smallest absolute Gasteiger partial charge is 0.212 e. The van der Waals surface area contributed by atoms with Crippen LogP contribution in [-0.2, 0) is 15.8 Å². The van der Waals surface area contributed by atoms with E-state index >= 15 is 0 Å². The number of halogens is 2. The zero-order valence-corrected chi connectivity index (χ0v) is 13.5. The first-order valence-corrected chi connectivity index (χ1v) is 8.69. The first-order valence-electron chi connectivity index (χ1n) is 6.32. The molecule has 0 saturated heterocycles. The molecule has 0 heterocycles. The largest absolute Gasteiger partial charge is 0.218 e. The molecule has 0 aliphatic heterocycles. The van der Waals surface area contributed by atoms with Crippen LogP contribution in [0.5, 0.6) is 0 Å². The van der Waals surface area contributed by atoms with Crippen molar-refractivity contribution in [1.29, 1.82) is 0 Å². The Kier molecular flexibility index (Phi) is 6.60. The van der Waals surface area contributed by atoms with Gasteiger partial charge >= 0.3 is 0 Å². The summed E-state index contributed by atoms with van der Waals surface area (Å²) in [6, 6.07) is 4.93. The molecule has 0 amide bonds. The zero-order valence-electron chi connectivity index (χ0n) is 11.2. The van der Waals surface area contributed by atoms with Crippen molar-refractivity contribution in [3.8, 4) is 0 Å². The molecule has 0 fully saturated rings. The van der Waals surface area contributed by atoms with Crippen molar-refractivity contribution in [2.45, 2.75) is 32.4 Å². The molecule has 19 heavy (non-hydrogen) atoms. The van der Waals surface area contributed by atoms with E-state index in [1.165, 1.54) is 4.31 Å². The minimum atomic E-state index is -3.30. The van der Waals surface area contributed by atoms with Gasteiger partial charge in [0.15, 0.2) is 0 Å². The molecule has 1 rings (SSSR count). The highest BCUT2D eigenvalue weighted by Crippen LogP contribution is 2.24. The van der Waals surface area contributed by atoms with Crippen LogP contribution in [0.2, 0.25) is 10.0 Å². The molecule has 0 radical (unpaired) electrons. The van der Waals surface area contributed by atoms with Crippen LogP contribution in [0.25, 0.3) is 0 Å². The van der Waals surface area contributed by atoms with E-state index in [2.05, 4.69) is 0 Å². The number of hydrogen-bond donors (Lipinski definition) is 0. The van der Waals surface area contributed by atoms with Crippen LogP contribution >= 0.6 is 23.2 Å². The summed E-state index contributed by atoms with van der Waals surface area (Å²) in [5.41, 5.74) is 0.659. The van der Waals surface area contributed by atoms with Gasteiger partial charge in [-0.25, -0.2) is 12.7 Å². The number of nitrogens with zero attached hydrogens (tertiary/aromatic N) is 1. The van der Waals surface area contributed by atoms with Crippen LogP contribution in [0.15, 0.2) is 18.2 Å². The van der Waals surface area contributed by atoms with Gasteiger partial charge in [-0.1, -0.05) is 43.1 Å². The second kappa shape index (κ2) is 7.48. The Morgan fingerprint density at radius 2 is 1.63 bits per heavy atom. The summed E-state index contributed by atoms with van der Waals surface area (Å²) in [5, 5.41) is 0.814. The van der Waals surface area contributed by atoms with Crippen molar-refractivity contribution >= 4 is 33.2 Å². The van der Waals surface area contributed by atoms with Crippen LogP contribution in [0.1, 0.15) is 32.3 Å². The summed E-state index contributed by atoms with van der Waals surface area (Å²) in [6.45, 7) is 5.05. The highest BCUT2D eigenvalue weighted by molar-refractivity contribution is 7.88. The molecule has 1 aromatic rings. The van der Waals surface area contributed by atoms with Gasteiger partial charge in [0, 0.05) is 13.1 Å². The molecule has 3 nitrogen and oxygen atoms in total. The minimum Gasteiger partial charge on any atom is -0.212 e. The number of benzene rings is 1. The summed E-state index contributed by atoms with van der Waals surface area (Å²) in [4.78, 5) is 0. The topological polar surface area (TPSA) is 37.4 Å². The number of rotatable bonds is 7. The van der Waals surface area contributed by atoms with Gasteiger partial charge in [-0.3, -0.25) is 0 Å². The van der Waals surface area contributed by atoms with Crippen LogP contribution < -0.4 is 0 Å². The average molecular weight is 324 g/mol. The van der Waals surface area contributed by atoms with Crippen molar-refractivity contribution in [2.75, 3.05) is 13.1 Å². The minimum absolute atomic E-state index is 0.0378. The lowest BCUT2D eigenvalue weighted by Crippen LogP contribution is -2.33. The summed E-state index contributed by atoms with van der Waals surface area (Å²) >= 11 is 11.7. The Hall–Kier alpha value is -0.290. The molecule has 1 aromatic carbocycles. The van der Waals surface area contributed by atoms with E-state index in [4.69, 9.17) is 23.2 Å². The van der Waals surface area contributed by atoms with Crippen molar-refractivity contribution < 1.29 is 8.42 Å². The van der Waals surface area contributed by atoms with Gasteiger partial charge in [0.05, 0.1) is 15.8 Å². The fourth-order valence-corrected chi connectivity index (χ4v) is 3.85. The highest BCUT2D eigenvalue weighted by Gasteiger charge is 2.21. The fraction of sp³-hybridized carbons (Fsp3) is 0.538. The summed E-state index contributed by atoms with van der Waals surface area (Å²) in [5.74, 6) is -0.0378. The van der Waals surface area contributed by atoms with Crippen molar-refractivity contribution in [2.24, 2.45) is 0 Å². The second-order valence-electron chi connectivity index (χ2n) is 4.40. The maximum atomic E-state index is 12.3. The van der Waals surface area contributed by atoms with Gasteiger partial charge < -0.3 is 0 Å². The number of sulfonamides is 1. The van der Waals surface area contributed by atoms with E-state index in [1.807, 2.05) is 13.8 Å². The first-order chi connectivity index (χ1) is 8.90. The molecule has 108 valence electrons. The predicted molar refractivity (Wildman–Crippen MR) is 81.2 cm³/mol. The van der Waals surface area contributed by atoms with E-state index in [0.29, 0.717) is 28.7 Å². The van der Waals surface area contributed by atoms with E-state index in [1.54, 1.807) is 18.2 Å². The summed E-state index contributed by atoms with van der Waals surface area (Å²) in [7, 11) is -3.30. The Labute approximate surface area is 125 Å². The third kappa shape index (κ3) is 4.95. The van der Waals surface area contributed by atoms with E-state index in [0.717, 1.165) is 12.8 Å². The average Bonchev–Trinajstić information content (AvgIpc) is 2.33. The lowest BCUT2D eigenvalue weighted by molar-refractivity contribution is 0.409. The van der Waals surface area contributed by atoms with E-state index in [9.17, 15) is 8.42 Å². The maximum absolute atomic E-state index is 12.3. The Balaban J connectivity index is 2.90. The van der Waals surface area contributed by atoms with Gasteiger partial charge in [0.2, 0.25) is 10.0 Å². The van der Waals surface area contributed by atoms with Gasteiger partial charge in [-0.2, -0.15) is 0 Å². The van der Waals surface area contributed by atoms with E-state index in [-0.39, 0.29) is 5.75 Å². The van der Waals surface area contributed by atoms with Crippen LogP contribution in [0.3, 0.4) is 0 Å². The first kappa shape index (κ1) is 16.8. The molecular formula is C13H19Cl2NO2S. The van der Waals surface area contributed by atoms with Crippen LogP contribution in [-0.4, -0.2) is 25.8 Å². The Morgan fingerprint density at radius 3 is 2.11 bits per heavy atom. The van der Waals surface area contributed by atoms with Gasteiger partial charge in [-0.15, -0.1) is 0 Å². The van der Waals surface area contributed by atoms with Gasteiger partial charge in [0.25, 0.3) is 0 Å². The number of hydrogen-bond acceptors (Lipinski definition) is 2. The fourth-order valence-electron chi connectivity index (χ4n) is 1.82. The van der Waals surface area contributed by atoms with E-state index < -0.39 is 10.0 Å². The second-order valence-corrected chi connectivity index (χ2v) is 7.19. The van der Waals surface area contributed by atoms with Gasteiger partial charge in [0.1, 0.15) is 0 Å². The summed E-state index contributed by atoms with van der Waals surface area (Å²) in [6.07, 6.45) is 1.61. The molecule has 0 unspecified atom stereocenters. The van der Waals surface area contributed by atoms with Crippen LogP contribution in [0.4, 0.5) is 0 Å². The molecule has 0 bridgehead atoms. The van der Waals surface area contributed by atoms with Crippen molar-refractivity contribution in [3.63, 3.8) is 0 Å². The standard InChI is InChI=1S/C13H19Cl2NO2S/c1-3-7-16(8-4-2)19(17,18)10-11-5-6-12(14)13(15)9-11/h5-6,9H,3-4,7-8,10H2,1-2H3. The van der Waals surface area contributed by atoms with Gasteiger partial charge in [-0.05, 0) is 30.5 Å². The third-order valence-corrected chi connectivity index (χ3v) is 5.26. The molecule has 0 spiro atoms. The third-order valence-electron chi connectivity index (χ3n) is 2.67. The maximum Gasteiger partial charge on any atom is 0.218 e. The monoisotopic (exact) mass is 323 g/mol. The SMILES string of the molecule is CCCN(CCC)S(=O)(=O)Cc1ccc(Cl)c(Cl)c1. The lowest BCUT2D eigenvalue weighted by Gasteiger charge is -2.21. The molecule has 0 saturated carbocycles.